The van der Waals surface area contributed by atoms with Gasteiger partial charge in [-0.1, -0.05) is 66.9 Å². The van der Waals surface area contributed by atoms with Gasteiger partial charge in [0.2, 0.25) is 5.91 Å². The van der Waals surface area contributed by atoms with E-state index in [0.717, 1.165) is 23.3 Å². The highest BCUT2D eigenvalue weighted by atomic mass is 35.5. The first kappa shape index (κ1) is 23.1. The van der Waals surface area contributed by atoms with E-state index >= 15 is 0 Å². The van der Waals surface area contributed by atoms with Crippen molar-refractivity contribution in [3.63, 3.8) is 0 Å². The molecule has 1 aliphatic rings. The van der Waals surface area contributed by atoms with Crippen LogP contribution in [0.15, 0.2) is 42.5 Å². The number of aryl methyl sites for hydroxylation is 1. The van der Waals surface area contributed by atoms with Gasteiger partial charge in [-0.05, 0) is 49.1 Å². The number of imide groups is 1. The molecule has 2 atom stereocenters. The Morgan fingerprint density at radius 1 is 1.16 bits per heavy atom. The number of urea groups is 1. The Bertz CT molecular complexity index is 1010. The van der Waals surface area contributed by atoms with Crippen LogP contribution in [0.1, 0.15) is 49.9 Å². The van der Waals surface area contributed by atoms with E-state index in [1.807, 2.05) is 24.3 Å². The van der Waals surface area contributed by atoms with Gasteiger partial charge in [0.1, 0.15) is 12.1 Å². The van der Waals surface area contributed by atoms with Crippen LogP contribution in [-0.2, 0) is 21.5 Å². The van der Waals surface area contributed by atoms with E-state index < -0.39 is 29.4 Å². The predicted molar refractivity (Wildman–Crippen MR) is 121 cm³/mol. The number of hydrogen-bond donors (Lipinski definition) is 2. The van der Waals surface area contributed by atoms with Crippen LogP contribution in [0, 0.1) is 0 Å². The highest BCUT2D eigenvalue weighted by Crippen LogP contribution is 2.29. The monoisotopic (exact) mass is 461 g/mol. The number of rotatable bonds is 7. The van der Waals surface area contributed by atoms with E-state index in [2.05, 4.69) is 17.6 Å². The van der Waals surface area contributed by atoms with Gasteiger partial charge in [0.05, 0.1) is 6.04 Å². The van der Waals surface area contributed by atoms with Crippen molar-refractivity contribution in [2.75, 3.05) is 6.54 Å². The molecule has 1 heterocycles. The van der Waals surface area contributed by atoms with Crippen LogP contribution in [0.3, 0.4) is 0 Å². The molecular weight excluding hydrogens is 437 g/mol. The molecule has 2 aromatic carbocycles. The van der Waals surface area contributed by atoms with Gasteiger partial charge in [0.15, 0.2) is 0 Å². The van der Waals surface area contributed by atoms with Crippen LogP contribution >= 0.6 is 23.2 Å². The Labute approximate surface area is 191 Å². The summed E-state index contributed by atoms with van der Waals surface area (Å²) in [6, 6.07) is 11.6. The smallest absolute Gasteiger partial charge is 0.325 e. The maximum Gasteiger partial charge on any atom is 0.325 e. The third kappa shape index (κ3) is 4.86. The lowest BCUT2D eigenvalue weighted by Crippen LogP contribution is -2.43. The highest BCUT2D eigenvalue weighted by molar-refractivity contribution is 6.35. The fourth-order valence-electron chi connectivity index (χ4n) is 3.69. The van der Waals surface area contributed by atoms with E-state index in [9.17, 15) is 14.4 Å². The molecule has 1 aliphatic heterocycles. The average molecular weight is 462 g/mol. The van der Waals surface area contributed by atoms with Crippen LogP contribution in [0.5, 0.6) is 0 Å². The van der Waals surface area contributed by atoms with E-state index in [1.165, 1.54) is 0 Å². The Hall–Kier alpha value is -2.57. The predicted octanol–water partition coefficient (Wildman–Crippen LogP) is 4.59. The second-order valence-corrected chi connectivity index (χ2v) is 8.69. The third-order valence-corrected chi connectivity index (χ3v) is 6.02. The Morgan fingerprint density at radius 2 is 1.84 bits per heavy atom. The van der Waals surface area contributed by atoms with Crippen molar-refractivity contribution < 1.29 is 14.4 Å². The molecule has 3 rings (SSSR count). The first-order valence-corrected chi connectivity index (χ1v) is 10.9. The average Bonchev–Trinajstić information content (AvgIpc) is 2.92. The number of carbonyl (C=O) groups excluding carboxylic acids is 3. The van der Waals surface area contributed by atoms with E-state index in [4.69, 9.17) is 23.2 Å². The van der Waals surface area contributed by atoms with Gasteiger partial charge in [-0.15, -0.1) is 0 Å². The topological polar surface area (TPSA) is 78.5 Å². The standard InChI is InChI=1S/C23H25Cl2N3O3/c1-4-5-15-6-8-16(9-7-15)23(3)21(30)28(22(31)27-23)13-20(29)26-14(2)18-11-10-17(24)12-19(18)25/h6-12,14H,4-5,13H2,1-3H3,(H,26,29)(H,27,31). The summed E-state index contributed by atoms with van der Waals surface area (Å²) in [4.78, 5) is 39.1. The van der Waals surface area contributed by atoms with Crippen molar-refractivity contribution in [1.29, 1.82) is 0 Å². The summed E-state index contributed by atoms with van der Waals surface area (Å²) in [5.74, 6) is -0.933. The van der Waals surface area contributed by atoms with Crippen molar-refractivity contribution in [3.8, 4) is 0 Å². The van der Waals surface area contributed by atoms with Crippen molar-refractivity contribution in [2.24, 2.45) is 0 Å². The molecule has 1 fully saturated rings. The zero-order valence-electron chi connectivity index (χ0n) is 17.7. The minimum absolute atomic E-state index is 0.385. The summed E-state index contributed by atoms with van der Waals surface area (Å²) in [5, 5.41) is 6.42. The molecule has 0 spiro atoms. The van der Waals surface area contributed by atoms with Gasteiger partial charge in [-0.3, -0.25) is 14.5 Å². The summed E-state index contributed by atoms with van der Waals surface area (Å²) in [6.07, 6.45) is 1.97. The number of hydrogen-bond acceptors (Lipinski definition) is 3. The molecule has 2 unspecified atom stereocenters. The van der Waals surface area contributed by atoms with Gasteiger partial charge >= 0.3 is 6.03 Å². The summed E-state index contributed by atoms with van der Waals surface area (Å²) in [7, 11) is 0. The van der Waals surface area contributed by atoms with Gasteiger partial charge < -0.3 is 10.6 Å². The number of halogens is 2. The molecule has 0 aromatic heterocycles. The maximum absolute atomic E-state index is 13.1. The van der Waals surface area contributed by atoms with Crippen molar-refractivity contribution in [1.82, 2.24) is 15.5 Å². The van der Waals surface area contributed by atoms with Crippen molar-refractivity contribution >= 4 is 41.0 Å². The third-order valence-electron chi connectivity index (χ3n) is 5.45. The molecule has 0 radical (unpaired) electrons. The molecule has 0 saturated carbocycles. The molecule has 8 heteroatoms. The van der Waals surface area contributed by atoms with Crippen LogP contribution in [0.25, 0.3) is 0 Å². The first-order chi connectivity index (χ1) is 14.7. The summed E-state index contributed by atoms with van der Waals surface area (Å²) in [6.45, 7) is 5.13. The zero-order chi connectivity index (χ0) is 22.8. The van der Waals surface area contributed by atoms with Crippen molar-refractivity contribution in [3.05, 3.63) is 69.2 Å². The van der Waals surface area contributed by atoms with Crippen LogP contribution in [-0.4, -0.2) is 29.3 Å². The molecule has 6 nitrogen and oxygen atoms in total. The zero-order valence-corrected chi connectivity index (χ0v) is 19.2. The Kier molecular flexibility index (Phi) is 6.92. The molecule has 0 aliphatic carbocycles. The molecule has 2 aromatic rings. The molecule has 1 saturated heterocycles. The second-order valence-electron chi connectivity index (χ2n) is 7.85. The van der Waals surface area contributed by atoms with Crippen LogP contribution in [0.2, 0.25) is 10.0 Å². The molecule has 0 bridgehead atoms. The molecule has 2 N–H and O–H groups in total. The van der Waals surface area contributed by atoms with E-state index in [-0.39, 0.29) is 6.54 Å². The van der Waals surface area contributed by atoms with Crippen molar-refractivity contribution in [2.45, 2.75) is 45.2 Å². The normalized spacial score (nSPS) is 19.3. The first-order valence-electron chi connectivity index (χ1n) is 10.1. The molecule has 164 valence electrons. The van der Waals surface area contributed by atoms with Gasteiger partial charge in [0, 0.05) is 10.0 Å². The fourth-order valence-corrected chi connectivity index (χ4v) is 4.26. The minimum Gasteiger partial charge on any atom is -0.348 e. The van der Waals surface area contributed by atoms with Gasteiger partial charge in [-0.25, -0.2) is 4.79 Å². The fraction of sp³-hybridized carbons (Fsp3) is 0.348. The van der Waals surface area contributed by atoms with E-state index in [0.29, 0.717) is 21.2 Å². The second kappa shape index (κ2) is 9.28. The summed E-state index contributed by atoms with van der Waals surface area (Å²) < 4.78 is 0. The number of carbonyl (C=O) groups is 3. The Balaban J connectivity index is 1.69. The largest absolute Gasteiger partial charge is 0.348 e. The molecule has 31 heavy (non-hydrogen) atoms. The SMILES string of the molecule is CCCc1ccc(C2(C)NC(=O)N(CC(=O)NC(C)c3ccc(Cl)cc3Cl)C2=O)cc1. The lowest BCUT2D eigenvalue weighted by molar-refractivity contribution is -0.135. The lowest BCUT2D eigenvalue weighted by atomic mass is 9.91. The van der Waals surface area contributed by atoms with Crippen LogP contribution < -0.4 is 10.6 Å². The summed E-state index contributed by atoms with van der Waals surface area (Å²) >= 11 is 12.1. The lowest BCUT2D eigenvalue weighted by Gasteiger charge is -2.23. The Morgan fingerprint density at radius 3 is 2.45 bits per heavy atom. The van der Waals surface area contributed by atoms with Gasteiger partial charge in [-0.2, -0.15) is 0 Å². The highest BCUT2D eigenvalue weighted by Gasteiger charge is 2.49. The summed E-state index contributed by atoms with van der Waals surface area (Å²) in [5.41, 5.74) is 1.31. The number of nitrogens with zero attached hydrogens (tertiary/aromatic N) is 1. The maximum atomic E-state index is 13.1. The van der Waals surface area contributed by atoms with E-state index in [1.54, 1.807) is 32.0 Å². The quantitative estimate of drug-likeness (QED) is 0.591. The van der Waals surface area contributed by atoms with Gasteiger partial charge in [0.25, 0.3) is 5.91 Å². The number of nitrogens with one attached hydrogen (secondary N) is 2. The number of benzene rings is 2. The molecule has 4 amide bonds. The molecular formula is C23H25Cl2N3O3. The number of amides is 4. The minimum atomic E-state index is -1.22. The van der Waals surface area contributed by atoms with Crippen LogP contribution in [0.4, 0.5) is 4.79 Å².